The Labute approximate surface area is 283 Å². The molecule has 0 aromatic heterocycles. The highest BCUT2D eigenvalue weighted by Gasteiger charge is 2.51. The van der Waals surface area contributed by atoms with Crippen molar-refractivity contribution in [2.75, 3.05) is 11.9 Å². The van der Waals surface area contributed by atoms with Crippen LogP contribution in [0.3, 0.4) is 0 Å². The second kappa shape index (κ2) is 16.7. The fourth-order valence-electron chi connectivity index (χ4n) is 4.48. The van der Waals surface area contributed by atoms with Crippen LogP contribution in [0.1, 0.15) is 31.4 Å². The highest BCUT2D eigenvalue weighted by molar-refractivity contribution is 6.34. The summed E-state index contributed by atoms with van der Waals surface area (Å²) in [6, 6.07) is 18.2. The maximum absolute atomic E-state index is 14.5. The predicted octanol–water partition coefficient (Wildman–Crippen LogP) is 6.58. The monoisotopic (exact) mass is 715 g/mol. The molecule has 48 heavy (non-hydrogen) atoms. The number of ether oxygens (including phenoxy) is 1. The molecule has 15 heteroatoms. The van der Waals surface area contributed by atoms with E-state index in [-0.39, 0.29) is 25.0 Å². The number of Topliss-reactive ketones (excluding diaryl/α,β-unsaturated/α-hetero) is 1. The minimum absolute atomic E-state index is 0.0160. The van der Waals surface area contributed by atoms with E-state index in [1.54, 1.807) is 24.3 Å². The van der Waals surface area contributed by atoms with Gasteiger partial charge in [-0.3, -0.25) is 19.2 Å². The summed E-state index contributed by atoms with van der Waals surface area (Å²) in [7, 11) is 0. The number of halogens is 7. The molecule has 0 aliphatic rings. The first-order valence-electron chi connectivity index (χ1n) is 14.6. The molecule has 0 fully saturated rings. The van der Waals surface area contributed by atoms with Crippen LogP contribution in [0, 0.1) is 5.92 Å². The molecule has 3 rings (SSSR count). The normalized spacial score (nSPS) is 13.0. The lowest BCUT2D eigenvalue weighted by Gasteiger charge is -2.25. The number of anilines is 1. The van der Waals surface area contributed by atoms with E-state index in [0.29, 0.717) is 21.3 Å². The maximum atomic E-state index is 14.5. The van der Waals surface area contributed by atoms with Gasteiger partial charge in [0.25, 0.3) is 11.8 Å². The summed E-state index contributed by atoms with van der Waals surface area (Å²) in [6.45, 7) is 0.586. The number of hydrogen-bond acceptors (Lipinski definition) is 5. The third kappa shape index (κ3) is 11.5. The van der Waals surface area contributed by atoms with Crippen molar-refractivity contribution in [1.29, 1.82) is 0 Å². The van der Waals surface area contributed by atoms with Crippen molar-refractivity contribution >= 4 is 52.4 Å². The third-order valence-electron chi connectivity index (χ3n) is 6.88. The smallest absolute Gasteiger partial charge is 0.405 e. The fraction of sp³-hybridized carbons (Fsp3) is 0.333. The molecule has 3 aromatic carbocycles. The van der Waals surface area contributed by atoms with Crippen molar-refractivity contribution in [3.63, 3.8) is 0 Å². The van der Waals surface area contributed by atoms with Gasteiger partial charge >= 0.3 is 12.1 Å². The van der Waals surface area contributed by atoms with Crippen LogP contribution in [-0.4, -0.2) is 54.3 Å². The molecule has 258 valence electrons. The number of alkyl halides is 5. The van der Waals surface area contributed by atoms with Crippen LogP contribution >= 0.6 is 23.2 Å². The number of amides is 3. The summed E-state index contributed by atoms with van der Waals surface area (Å²) in [5.74, 6) is -11.4. The Bertz CT molecular complexity index is 1590. The van der Waals surface area contributed by atoms with Crippen LogP contribution in [0.2, 0.25) is 10.0 Å². The molecule has 3 aromatic rings. The van der Waals surface area contributed by atoms with Crippen molar-refractivity contribution in [1.82, 2.24) is 10.6 Å². The van der Waals surface area contributed by atoms with E-state index in [1.165, 1.54) is 32.0 Å². The van der Waals surface area contributed by atoms with Crippen LogP contribution in [-0.2, 0) is 32.0 Å². The van der Waals surface area contributed by atoms with E-state index in [1.807, 2.05) is 30.3 Å². The van der Waals surface area contributed by atoms with E-state index in [0.717, 1.165) is 10.9 Å². The Kier molecular flexibility index (Phi) is 13.3. The summed E-state index contributed by atoms with van der Waals surface area (Å²) in [6.07, 6.45) is -6.20. The molecule has 3 amide bonds. The Morgan fingerprint density at radius 2 is 1.46 bits per heavy atom. The Morgan fingerprint density at radius 1 is 0.854 bits per heavy atom. The summed E-state index contributed by atoms with van der Waals surface area (Å²) < 4.78 is 72.2. The average Bonchev–Trinajstić information content (AvgIpc) is 3.00. The van der Waals surface area contributed by atoms with Gasteiger partial charge in [0, 0.05) is 28.6 Å². The SMILES string of the molecule is CC(C)C(NC(=O)CCc1ccccc1NC(=O)C(Cc1ccccc1)Oc1cc(Cl)cc(Cl)c1)C(=O)C(F)(F)C(=O)NCC(F)(F)F. The second-order valence-electron chi connectivity index (χ2n) is 11.1. The number of para-hydroxylation sites is 1. The fourth-order valence-corrected chi connectivity index (χ4v) is 4.98. The molecular formula is C33H32Cl2F5N3O5. The van der Waals surface area contributed by atoms with E-state index >= 15 is 0 Å². The molecule has 0 saturated heterocycles. The van der Waals surface area contributed by atoms with E-state index in [9.17, 15) is 41.1 Å². The number of benzene rings is 3. The van der Waals surface area contributed by atoms with Gasteiger partial charge in [-0.05, 0) is 47.7 Å². The summed E-state index contributed by atoms with van der Waals surface area (Å²) in [5.41, 5.74) is 1.60. The summed E-state index contributed by atoms with van der Waals surface area (Å²) in [4.78, 5) is 50.6. The minimum Gasteiger partial charge on any atom is -0.480 e. The molecule has 0 spiro atoms. The molecule has 8 nitrogen and oxygen atoms in total. The first-order valence-corrected chi connectivity index (χ1v) is 15.3. The van der Waals surface area contributed by atoms with Gasteiger partial charge in [0.15, 0.2) is 6.10 Å². The molecule has 2 atom stereocenters. The van der Waals surface area contributed by atoms with Gasteiger partial charge < -0.3 is 20.7 Å². The van der Waals surface area contributed by atoms with Crippen molar-refractivity contribution in [2.24, 2.45) is 5.92 Å². The van der Waals surface area contributed by atoms with Crippen LogP contribution in [0.25, 0.3) is 0 Å². The quantitative estimate of drug-likeness (QED) is 0.122. The zero-order valence-corrected chi connectivity index (χ0v) is 27.2. The van der Waals surface area contributed by atoms with Crippen molar-refractivity contribution < 1.29 is 45.9 Å². The zero-order valence-electron chi connectivity index (χ0n) is 25.7. The van der Waals surface area contributed by atoms with E-state index in [4.69, 9.17) is 27.9 Å². The van der Waals surface area contributed by atoms with Crippen LogP contribution in [0.5, 0.6) is 5.75 Å². The number of nitrogens with one attached hydrogen (secondary N) is 3. The van der Waals surface area contributed by atoms with E-state index in [2.05, 4.69) is 10.6 Å². The predicted molar refractivity (Wildman–Crippen MR) is 170 cm³/mol. The third-order valence-corrected chi connectivity index (χ3v) is 7.31. The molecule has 0 bridgehead atoms. The lowest BCUT2D eigenvalue weighted by atomic mass is 9.95. The van der Waals surface area contributed by atoms with Crippen LogP contribution in [0.15, 0.2) is 72.8 Å². The molecule has 0 radical (unpaired) electrons. The van der Waals surface area contributed by atoms with Gasteiger partial charge in [-0.15, -0.1) is 0 Å². The van der Waals surface area contributed by atoms with Crippen LogP contribution < -0.4 is 20.7 Å². The summed E-state index contributed by atoms with van der Waals surface area (Å²) >= 11 is 12.2. The molecule has 0 saturated carbocycles. The molecule has 3 N–H and O–H groups in total. The maximum Gasteiger partial charge on any atom is 0.405 e. The zero-order chi connectivity index (χ0) is 35.6. The first-order chi connectivity index (χ1) is 22.5. The van der Waals surface area contributed by atoms with E-state index < -0.39 is 60.2 Å². The largest absolute Gasteiger partial charge is 0.480 e. The topological polar surface area (TPSA) is 114 Å². The Hall–Kier alpha value is -4.23. The molecule has 0 aliphatic carbocycles. The number of hydrogen-bond donors (Lipinski definition) is 3. The number of carbonyl (C=O) groups is 4. The van der Waals surface area contributed by atoms with Crippen molar-refractivity contribution in [3.8, 4) is 5.75 Å². The highest BCUT2D eigenvalue weighted by atomic mass is 35.5. The number of rotatable bonds is 15. The van der Waals surface area contributed by atoms with Gasteiger partial charge in [-0.2, -0.15) is 22.0 Å². The van der Waals surface area contributed by atoms with Gasteiger partial charge in [-0.1, -0.05) is 85.6 Å². The standard InChI is InChI=1S/C33H32Cl2F5N3O5/c1-19(2)28(29(45)33(39,40)31(47)41-18-32(36,37)38)43-27(44)13-12-21-10-6-7-11-25(21)42-30(46)26(14-20-8-4-3-5-9-20)48-24-16-22(34)15-23(35)17-24/h3-11,15-17,19,26,28H,12-14,18H2,1-2H3,(H,41,47)(H,42,46)(H,43,44). The molecule has 0 heterocycles. The van der Waals surface area contributed by atoms with Gasteiger partial charge in [0.2, 0.25) is 11.7 Å². The Morgan fingerprint density at radius 3 is 2.06 bits per heavy atom. The summed E-state index contributed by atoms with van der Waals surface area (Å²) in [5, 5.41) is 6.56. The molecular weight excluding hydrogens is 684 g/mol. The van der Waals surface area contributed by atoms with Crippen molar-refractivity contribution in [2.45, 2.75) is 57.4 Å². The lowest BCUT2D eigenvalue weighted by molar-refractivity contribution is -0.165. The van der Waals surface area contributed by atoms with Crippen molar-refractivity contribution in [3.05, 3.63) is 94.0 Å². The Balaban J connectivity index is 1.71. The van der Waals surface area contributed by atoms with Gasteiger partial charge in [-0.25, -0.2) is 0 Å². The molecule has 0 aliphatic heterocycles. The number of ketones is 1. The van der Waals surface area contributed by atoms with Gasteiger partial charge in [0.1, 0.15) is 12.3 Å². The first kappa shape index (κ1) is 38.2. The van der Waals surface area contributed by atoms with Gasteiger partial charge in [0.05, 0.1) is 6.04 Å². The lowest BCUT2D eigenvalue weighted by Crippen LogP contribution is -2.57. The number of carbonyl (C=O) groups excluding carboxylic acids is 4. The van der Waals surface area contributed by atoms with Crippen LogP contribution in [0.4, 0.5) is 27.6 Å². The molecule has 2 unspecified atom stereocenters. The average molecular weight is 717 g/mol. The second-order valence-corrected chi connectivity index (χ2v) is 11.9. The number of aryl methyl sites for hydroxylation is 1. The highest BCUT2D eigenvalue weighted by Crippen LogP contribution is 2.27. The minimum atomic E-state index is -4.98.